The molecule has 1 spiro atoms. The molecular formula is C15H15BrClN5O. The molecule has 0 radical (unpaired) electrons. The fraction of sp³-hybridized carbons (Fsp3) is 0.400. The molecule has 2 unspecified atom stereocenters. The van der Waals surface area contributed by atoms with Crippen LogP contribution < -0.4 is 11.1 Å². The third kappa shape index (κ3) is 2.25. The monoisotopic (exact) mass is 395 g/mol. The highest BCUT2D eigenvalue weighted by atomic mass is 79.9. The molecule has 1 fully saturated rings. The molecule has 1 aliphatic carbocycles. The summed E-state index contributed by atoms with van der Waals surface area (Å²) in [5.74, 6) is 0.421. The number of nitrogens with two attached hydrogens (primary N) is 1. The first-order valence-electron chi connectivity index (χ1n) is 7.42. The summed E-state index contributed by atoms with van der Waals surface area (Å²) in [5, 5.41) is 8.42. The van der Waals surface area contributed by atoms with E-state index in [9.17, 15) is 4.79 Å². The normalized spacial score (nSPS) is 25.6. The molecular weight excluding hydrogens is 382 g/mol. The van der Waals surface area contributed by atoms with Gasteiger partial charge in [0, 0.05) is 29.9 Å². The molecule has 0 saturated heterocycles. The first-order valence-corrected chi connectivity index (χ1v) is 8.59. The Hall–Kier alpha value is -1.60. The van der Waals surface area contributed by atoms with Gasteiger partial charge in [0.25, 0.3) is 5.91 Å². The van der Waals surface area contributed by atoms with Gasteiger partial charge in [-0.05, 0) is 35.2 Å². The van der Waals surface area contributed by atoms with Gasteiger partial charge in [-0.1, -0.05) is 11.6 Å². The molecule has 1 amide bonds. The summed E-state index contributed by atoms with van der Waals surface area (Å²) in [5.41, 5.74) is 6.81. The summed E-state index contributed by atoms with van der Waals surface area (Å²) < 4.78 is 2.67. The number of anilines is 1. The van der Waals surface area contributed by atoms with Crippen LogP contribution in [0, 0.1) is 0 Å². The predicted molar refractivity (Wildman–Crippen MR) is 90.7 cm³/mol. The number of halogens is 2. The van der Waals surface area contributed by atoms with Crippen LogP contribution in [-0.4, -0.2) is 27.2 Å². The van der Waals surface area contributed by atoms with Gasteiger partial charge in [0.15, 0.2) is 0 Å². The number of nitrogens with one attached hydrogen (secondary N) is 1. The molecule has 4 rings (SSSR count). The lowest BCUT2D eigenvalue weighted by Crippen LogP contribution is -2.26. The van der Waals surface area contributed by atoms with Crippen LogP contribution in [-0.2, 0) is 5.41 Å². The Bertz CT molecular complexity index is 807. The van der Waals surface area contributed by atoms with Crippen molar-refractivity contribution in [1.29, 1.82) is 0 Å². The fourth-order valence-electron chi connectivity index (χ4n) is 3.80. The van der Waals surface area contributed by atoms with E-state index in [0.29, 0.717) is 5.56 Å². The molecule has 6 nitrogen and oxygen atoms in total. The summed E-state index contributed by atoms with van der Waals surface area (Å²) in [4.78, 5) is 15.7. The molecule has 8 heteroatoms. The number of fused-ring (bicyclic) bond motifs is 2. The van der Waals surface area contributed by atoms with Crippen molar-refractivity contribution in [3.8, 4) is 0 Å². The van der Waals surface area contributed by atoms with Crippen molar-refractivity contribution >= 4 is 39.3 Å². The van der Waals surface area contributed by atoms with Crippen LogP contribution >= 0.6 is 27.5 Å². The summed E-state index contributed by atoms with van der Waals surface area (Å²) in [7, 11) is 0. The number of carbonyl (C=O) groups excluding carboxylic acids is 1. The third-order valence-electron chi connectivity index (χ3n) is 4.94. The van der Waals surface area contributed by atoms with Crippen molar-refractivity contribution in [2.24, 2.45) is 5.73 Å². The quantitative estimate of drug-likeness (QED) is 0.817. The van der Waals surface area contributed by atoms with Crippen LogP contribution in [0.25, 0.3) is 0 Å². The van der Waals surface area contributed by atoms with Gasteiger partial charge in [0.05, 0.1) is 27.3 Å². The van der Waals surface area contributed by atoms with Crippen LogP contribution in [0.2, 0.25) is 5.02 Å². The molecule has 120 valence electrons. The Morgan fingerprint density at radius 2 is 2.35 bits per heavy atom. The van der Waals surface area contributed by atoms with Crippen molar-refractivity contribution in [3.63, 3.8) is 0 Å². The number of nitrogens with zero attached hydrogens (tertiary/aromatic N) is 3. The summed E-state index contributed by atoms with van der Waals surface area (Å²) >= 11 is 10.0. The van der Waals surface area contributed by atoms with E-state index < -0.39 is 5.91 Å². The molecule has 3 N–H and O–H groups in total. The number of aromatic nitrogens is 3. The van der Waals surface area contributed by atoms with Gasteiger partial charge in [-0.15, -0.1) is 0 Å². The summed E-state index contributed by atoms with van der Waals surface area (Å²) in [6.45, 7) is 0.825. The zero-order valence-electron chi connectivity index (χ0n) is 12.2. The van der Waals surface area contributed by atoms with Gasteiger partial charge in [-0.2, -0.15) is 5.10 Å². The van der Waals surface area contributed by atoms with Crippen LogP contribution in [0.5, 0.6) is 0 Å². The van der Waals surface area contributed by atoms with Crippen LogP contribution in [0.4, 0.5) is 5.82 Å². The number of amides is 1. The Morgan fingerprint density at radius 1 is 1.52 bits per heavy atom. The van der Waals surface area contributed by atoms with Gasteiger partial charge < -0.3 is 11.1 Å². The van der Waals surface area contributed by atoms with Crippen LogP contribution in [0.3, 0.4) is 0 Å². The SMILES string of the molecule is NC(=O)c1cnn(C2CCC3(CNc4ncc(Br)c(Cl)c43)C2)c1. The number of carbonyl (C=O) groups is 1. The van der Waals surface area contributed by atoms with Crippen LogP contribution in [0.1, 0.15) is 41.2 Å². The topological polar surface area (TPSA) is 85.8 Å². The number of primary amides is 1. The predicted octanol–water partition coefficient (Wildman–Crippen LogP) is 2.88. The maximum absolute atomic E-state index is 11.3. The zero-order chi connectivity index (χ0) is 16.2. The average molecular weight is 397 g/mol. The molecule has 2 aromatic rings. The minimum absolute atomic E-state index is 0.0350. The maximum atomic E-state index is 11.3. The van der Waals surface area contributed by atoms with E-state index in [4.69, 9.17) is 17.3 Å². The molecule has 2 aromatic heterocycles. The van der Waals surface area contributed by atoms with Crippen molar-refractivity contribution in [1.82, 2.24) is 14.8 Å². The lowest BCUT2D eigenvalue weighted by atomic mass is 9.81. The van der Waals surface area contributed by atoms with E-state index in [0.717, 1.165) is 46.7 Å². The molecule has 2 atom stereocenters. The first-order chi connectivity index (χ1) is 11.0. The van der Waals surface area contributed by atoms with Crippen molar-refractivity contribution in [3.05, 3.63) is 39.2 Å². The van der Waals surface area contributed by atoms with E-state index in [2.05, 4.69) is 31.3 Å². The summed E-state index contributed by atoms with van der Waals surface area (Å²) in [6, 6.07) is 0.228. The number of rotatable bonds is 2. The Morgan fingerprint density at radius 3 is 3.09 bits per heavy atom. The van der Waals surface area contributed by atoms with Crippen molar-refractivity contribution < 1.29 is 4.79 Å². The van der Waals surface area contributed by atoms with Crippen LogP contribution in [0.15, 0.2) is 23.1 Å². The number of hydrogen-bond donors (Lipinski definition) is 2. The molecule has 1 aliphatic heterocycles. The first kappa shape index (κ1) is 15.0. The van der Waals surface area contributed by atoms with Crippen molar-refractivity contribution in [2.75, 3.05) is 11.9 Å². The highest BCUT2D eigenvalue weighted by molar-refractivity contribution is 9.10. The molecule has 0 aromatic carbocycles. The summed E-state index contributed by atoms with van der Waals surface area (Å²) in [6.07, 6.45) is 7.87. The van der Waals surface area contributed by atoms with Gasteiger partial charge in [-0.3, -0.25) is 9.48 Å². The molecule has 2 aliphatic rings. The minimum atomic E-state index is -0.451. The largest absolute Gasteiger partial charge is 0.369 e. The lowest BCUT2D eigenvalue weighted by Gasteiger charge is -2.24. The van der Waals surface area contributed by atoms with Gasteiger partial charge in [0.2, 0.25) is 0 Å². The van der Waals surface area contributed by atoms with E-state index in [1.54, 1.807) is 12.4 Å². The minimum Gasteiger partial charge on any atom is -0.369 e. The highest BCUT2D eigenvalue weighted by Gasteiger charge is 2.48. The molecule has 23 heavy (non-hydrogen) atoms. The Kier molecular flexibility index (Phi) is 3.39. The molecule has 1 saturated carbocycles. The maximum Gasteiger partial charge on any atom is 0.251 e. The molecule has 3 heterocycles. The molecule has 0 bridgehead atoms. The number of pyridine rings is 1. The highest BCUT2D eigenvalue weighted by Crippen LogP contribution is 2.54. The van der Waals surface area contributed by atoms with Gasteiger partial charge >= 0.3 is 0 Å². The second-order valence-electron chi connectivity index (χ2n) is 6.25. The fourth-order valence-corrected chi connectivity index (χ4v) is 4.44. The average Bonchev–Trinajstić information content (AvgIpc) is 3.22. The standard InChI is InChI=1S/C15H15BrClN5O/c16-10-5-19-14-11(12(10)17)15(7-20-14)2-1-9(3-15)22-6-8(4-21-22)13(18)23/h4-6,9H,1-3,7H2,(H2,18,23)(H,19,20). The van der Waals surface area contributed by atoms with Gasteiger partial charge in [-0.25, -0.2) is 4.98 Å². The number of hydrogen-bond acceptors (Lipinski definition) is 4. The second kappa shape index (κ2) is 5.21. The van der Waals surface area contributed by atoms with Gasteiger partial charge in [0.1, 0.15) is 5.82 Å². The van der Waals surface area contributed by atoms with E-state index in [-0.39, 0.29) is 11.5 Å². The zero-order valence-corrected chi connectivity index (χ0v) is 14.6. The lowest BCUT2D eigenvalue weighted by molar-refractivity contribution is 0.1000. The van der Waals surface area contributed by atoms with Crippen molar-refractivity contribution in [2.45, 2.75) is 30.7 Å². The second-order valence-corrected chi connectivity index (χ2v) is 7.48. The Balaban J connectivity index is 1.67. The van der Waals surface area contributed by atoms with E-state index in [1.807, 2.05) is 4.68 Å². The Labute approximate surface area is 146 Å². The smallest absolute Gasteiger partial charge is 0.251 e. The van der Waals surface area contributed by atoms with E-state index >= 15 is 0 Å². The van der Waals surface area contributed by atoms with E-state index in [1.165, 1.54) is 6.20 Å². The third-order valence-corrected chi connectivity index (χ3v) is 6.16.